The van der Waals surface area contributed by atoms with Crippen molar-refractivity contribution in [2.24, 2.45) is 0 Å². The number of hydrogen-bond acceptors (Lipinski definition) is 1. The van der Waals surface area contributed by atoms with Crippen molar-refractivity contribution < 1.29 is 0 Å². The lowest BCUT2D eigenvalue weighted by Crippen LogP contribution is -1.94. The maximum Gasteiger partial charge on any atom is 0.154 e. The second-order valence-corrected chi connectivity index (χ2v) is 5.80. The molecule has 0 amide bonds. The molecule has 0 aliphatic carbocycles. The first-order valence-corrected chi connectivity index (χ1v) is 8.03. The zero-order valence-electron chi connectivity index (χ0n) is 13.1. The summed E-state index contributed by atoms with van der Waals surface area (Å²) in [7, 11) is 0. The molecule has 3 nitrogen and oxygen atoms in total. The average Bonchev–Trinajstić information content (AvgIpc) is 3.21. The Kier molecular flexibility index (Phi) is 3.46. The summed E-state index contributed by atoms with van der Waals surface area (Å²) in [5.74, 6) is 0.890. The largest absolute Gasteiger partial charge is 0.356 e. The monoisotopic (exact) mass is 301 g/mol. The average molecular weight is 301 g/mol. The molecule has 2 heterocycles. The highest BCUT2D eigenvalue weighted by Gasteiger charge is 2.08. The number of aryl methyl sites for hydroxylation is 1. The normalized spacial score (nSPS) is 11.2. The van der Waals surface area contributed by atoms with Gasteiger partial charge in [0.05, 0.1) is 16.7 Å². The van der Waals surface area contributed by atoms with E-state index in [1.54, 1.807) is 0 Å². The van der Waals surface area contributed by atoms with Crippen molar-refractivity contribution in [3.8, 4) is 11.5 Å². The van der Waals surface area contributed by atoms with Crippen LogP contribution in [0.1, 0.15) is 23.7 Å². The van der Waals surface area contributed by atoms with Crippen LogP contribution in [0.5, 0.6) is 0 Å². The van der Waals surface area contributed by atoms with Gasteiger partial charge in [0.15, 0.2) is 5.82 Å². The Hall–Kier alpha value is -2.81. The molecule has 0 fully saturated rings. The van der Waals surface area contributed by atoms with Crippen molar-refractivity contribution in [1.82, 2.24) is 15.0 Å². The van der Waals surface area contributed by atoms with Gasteiger partial charge in [-0.15, -0.1) is 0 Å². The minimum Gasteiger partial charge on any atom is -0.356 e. The minimum atomic E-state index is 0.890. The first-order chi connectivity index (χ1) is 11.3. The van der Waals surface area contributed by atoms with Crippen molar-refractivity contribution in [3.63, 3.8) is 0 Å². The molecule has 4 rings (SSSR count). The Morgan fingerprint density at radius 3 is 2.43 bits per heavy atom. The number of para-hydroxylation sites is 2. The van der Waals surface area contributed by atoms with E-state index in [1.807, 2.05) is 24.3 Å². The lowest BCUT2D eigenvalue weighted by Gasteiger charge is -2.06. The molecule has 3 heteroatoms. The lowest BCUT2D eigenvalue weighted by atomic mass is 10.0. The Morgan fingerprint density at radius 2 is 1.61 bits per heavy atom. The number of benzene rings is 2. The molecule has 23 heavy (non-hydrogen) atoms. The summed E-state index contributed by atoms with van der Waals surface area (Å²) in [5, 5.41) is 0. The summed E-state index contributed by atoms with van der Waals surface area (Å²) in [6.45, 7) is 2.20. The smallest absolute Gasteiger partial charge is 0.154 e. The molecule has 2 aromatic carbocycles. The summed E-state index contributed by atoms with van der Waals surface area (Å²) in [5.41, 5.74) is 7.09. The summed E-state index contributed by atoms with van der Waals surface area (Å²) in [6.07, 6.45) is 1.98. The highest BCUT2D eigenvalue weighted by atomic mass is 15.0. The van der Waals surface area contributed by atoms with Crippen LogP contribution in [0.25, 0.3) is 22.6 Å². The lowest BCUT2D eigenvalue weighted by molar-refractivity contribution is 1.03. The summed E-state index contributed by atoms with van der Waals surface area (Å²) in [6, 6.07) is 21.0. The van der Waals surface area contributed by atoms with Gasteiger partial charge in [-0.2, -0.15) is 0 Å². The standard InChI is InChI=1S/C20H19N3/c1-2-14-7-3-4-8-15(14)13-16-11-12-19(21-16)20-22-17-9-5-6-10-18(17)23-20/h3-12,21H,2,13H2,1H3,(H,22,23). The fourth-order valence-corrected chi connectivity index (χ4v) is 3.04. The van der Waals surface area contributed by atoms with Crippen LogP contribution in [-0.4, -0.2) is 15.0 Å². The molecule has 0 aliphatic rings. The Labute approximate surface area is 135 Å². The number of hydrogen-bond donors (Lipinski definition) is 2. The van der Waals surface area contributed by atoms with Crippen LogP contribution in [0.15, 0.2) is 60.7 Å². The molecule has 0 spiro atoms. The first-order valence-electron chi connectivity index (χ1n) is 8.03. The first kappa shape index (κ1) is 13.8. The number of rotatable bonds is 4. The third kappa shape index (κ3) is 2.66. The van der Waals surface area contributed by atoms with Gasteiger partial charge in [-0.1, -0.05) is 43.3 Å². The summed E-state index contributed by atoms with van der Waals surface area (Å²) < 4.78 is 0. The fraction of sp³-hybridized carbons (Fsp3) is 0.150. The molecule has 114 valence electrons. The van der Waals surface area contributed by atoms with Gasteiger partial charge < -0.3 is 9.97 Å². The fourth-order valence-electron chi connectivity index (χ4n) is 3.04. The molecule has 2 aromatic heterocycles. The SMILES string of the molecule is CCc1ccccc1Cc1ccc(-c2nc3ccccc3[nH]2)[nH]1. The topological polar surface area (TPSA) is 44.5 Å². The molecule has 0 aliphatic heterocycles. The second kappa shape index (κ2) is 5.76. The van der Waals surface area contributed by atoms with Gasteiger partial charge in [0.1, 0.15) is 0 Å². The van der Waals surface area contributed by atoms with Gasteiger partial charge >= 0.3 is 0 Å². The van der Waals surface area contributed by atoms with Gasteiger partial charge in [0.25, 0.3) is 0 Å². The van der Waals surface area contributed by atoms with E-state index in [-0.39, 0.29) is 0 Å². The number of aromatic nitrogens is 3. The predicted molar refractivity (Wildman–Crippen MR) is 94.5 cm³/mol. The van der Waals surface area contributed by atoms with Crippen molar-refractivity contribution >= 4 is 11.0 Å². The maximum absolute atomic E-state index is 4.65. The van der Waals surface area contributed by atoms with Crippen LogP contribution < -0.4 is 0 Å². The number of nitrogens with zero attached hydrogens (tertiary/aromatic N) is 1. The number of fused-ring (bicyclic) bond motifs is 1. The summed E-state index contributed by atoms with van der Waals surface area (Å²) in [4.78, 5) is 11.5. The third-order valence-electron chi connectivity index (χ3n) is 4.27. The van der Waals surface area contributed by atoms with Crippen LogP contribution in [0.3, 0.4) is 0 Å². The van der Waals surface area contributed by atoms with Crippen molar-refractivity contribution in [1.29, 1.82) is 0 Å². The molecule has 0 radical (unpaired) electrons. The van der Waals surface area contributed by atoms with Crippen LogP contribution in [0, 0.1) is 0 Å². The van der Waals surface area contributed by atoms with Crippen LogP contribution in [0.2, 0.25) is 0 Å². The zero-order chi connectivity index (χ0) is 15.6. The molecule has 2 N–H and O–H groups in total. The number of aromatic amines is 2. The number of nitrogens with one attached hydrogen (secondary N) is 2. The van der Waals surface area contributed by atoms with Gasteiger partial charge in [0, 0.05) is 12.1 Å². The number of imidazole rings is 1. The number of H-pyrrole nitrogens is 2. The molecular formula is C20H19N3. The molecular weight excluding hydrogens is 282 g/mol. The molecule has 0 saturated heterocycles. The molecule has 0 unspecified atom stereocenters. The van der Waals surface area contributed by atoms with E-state index in [1.165, 1.54) is 16.8 Å². The zero-order valence-corrected chi connectivity index (χ0v) is 13.1. The maximum atomic E-state index is 4.65. The van der Waals surface area contributed by atoms with Gasteiger partial charge in [0.2, 0.25) is 0 Å². The van der Waals surface area contributed by atoms with Gasteiger partial charge in [-0.05, 0) is 41.8 Å². The molecule has 4 aromatic rings. The molecule has 0 atom stereocenters. The Balaban J connectivity index is 1.63. The third-order valence-corrected chi connectivity index (χ3v) is 4.27. The highest BCUT2D eigenvalue weighted by Crippen LogP contribution is 2.21. The Bertz CT molecular complexity index is 913. The predicted octanol–water partition coefficient (Wildman–Crippen LogP) is 4.71. The van der Waals surface area contributed by atoms with E-state index in [4.69, 9.17) is 0 Å². The second-order valence-electron chi connectivity index (χ2n) is 5.80. The van der Waals surface area contributed by atoms with E-state index in [0.717, 1.165) is 35.4 Å². The quantitative estimate of drug-likeness (QED) is 0.563. The van der Waals surface area contributed by atoms with Crippen LogP contribution in [-0.2, 0) is 12.8 Å². The van der Waals surface area contributed by atoms with Crippen LogP contribution >= 0.6 is 0 Å². The van der Waals surface area contributed by atoms with Crippen LogP contribution in [0.4, 0.5) is 0 Å². The minimum absolute atomic E-state index is 0.890. The molecule has 0 bridgehead atoms. The van der Waals surface area contributed by atoms with Crippen molar-refractivity contribution in [2.75, 3.05) is 0 Å². The van der Waals surface area contributed by atoms with E-state index in [0.29, 0.717) is 0 Å². The van der Waals surface area contributed by atoms with Crippen molar-refractivity contribution in [3.05, 3.63) is 77.5 Å². The van der Waals surface area contributed by atoms with Gasteiger partial charge in [-0.3, -0.25) is 0 Å². The molecule has 0 saturated carbocycles. The van der Waals surface area contributed by atoms with E-state index >= 15 is 0 Å². The van der Waals surface area contributed by atoms with E-state index in [2.05, 4.69) is 58.3 Å². The van der Waals surface area contributed by atoms with E-state index < -0.39 is 0 Å². The summed E-state index contributed by atoms with van der Waals surface area (Å²) >= 11 is 0. The van der Waals surface area contributed by atoms with E-state index in [9.17, 15) is 0 Å². The Morgan fingerprint density at radius 1 is 0.826 bits per heavy atom. The van der Waals surface area contributed by atoms with Crippen molar-refractivity contribution in [2.45, 2.75) is 19.8 Å². The van der Waals surface area contributed by atoms with Gasteiger partial charge in [-0.25, -0.2) is 4.98 Å². The highest BCUT2D eigenvalue weighted by molar-refractivity contribution is 5.78.